The summed E-state index contributed by atoms with van der Waals surface area (Å²) in [5, 5.41) is 5.62. The summed E-state index contributed by atoms with van der Waals surface area (Å²) in [6, 6.07) is 8.94. The first-order valence-electron chi connectivity index (χ1n) is 11.2. The van der Waals surface area contributed by atoms with Crippen molar-refractivity contribution in [2.45, 2.75) is 39.7 Å². The predicted molar refractivity (Wildman–Crippen MR) is 130 cm³/mol. The van der Waals surface area contributed by atoms with Crippen LogP contribution in [0.4, 0.5) is 4.79 Å². The average Bonchev–Trinajstić information content (AvgIpc) is 3.25. The minimum absolute atomic E-state index is 0.0566. The minimum atomic E-state index is -0.187. The number of urea groups is 1. The Bertz CT molecular complexity index is 900. The highest BCUT2D eigenvalue weighted by Gasteiger charge is 2.33. The maximum Gasteiger partial charge on any atom is 0.317 e. The first-order chi connectivity index (χ1) is 15.4. The quantitative estimate of drug-likeness (QED) is 0.553. The number of hydrogen-bond donors (Lipinski definition) is 1. The molecule has 0 radical (unpaired) electrons. The highest BCUT2D eigenvalue weighted by molar-refractivity contribution is 7.10. The van der Waals surface area contributed by atoms with Gasteiger partial charge in [0.1, 0.15) is 18.9 Å². The van der Waals surface area contributed by atoms with E-state index in [0.717, 1.165) is 18.4 Å². The Balaban J connectivity index is 1.74. The largest absolute Gasteiger partial charge is 0.491 e. The van der Waals surface area contributed by atoms with Crippen LogP contribution in [0.1, 0.15) is 43.7 Å². The van der Waals surface area contributed by atoms with Gasteiger partial charge in [-0.25, -0.2) is 4.79 Å². The van der Waals surface area contributed by atoms with E-state index in [4.69, 9.17) is 16.3 Å². The lowest BCUT2D eigenvalue weighted by atomic mass is 10.0. The number of thiophene rings is 1. The van der Waals surface area contributed by atoms with E-state index in [9.17, 15) is 9.59 Å². The van der Waals surface area contributed by atoms with Crippen LogP contribution in [0, 0.1) is 5.92 Å². The van der Waals surface area contributed by atoms with E-state index in [-0.39, 0.29) is 30.4 Å². The summed E-state index contributed by atoms with van der Waals surface area (Å²) in [5.41, 5.74) is 1.13. The van der Waals surface area contributed by atoms with Gasteiger partial charge in [0.2, 0.25) is 5.91 Å². The number of halogens is 1. The fourth-order valence-electron chi connectivity index (χ4n) is 3.84. The Morgan fingerprint density at radius 3 is 2.72 bits per heavy atom. The monoisotopic (exact) mass is 477 g/mol. The molecule has 0 aliphatic carbocycles. The summed E-state index contributed by atoms with van der Waals surface area (Å²) in [6.07, 6.45) is 1.68. The van der Waals surface area contributed by atoms with Crippen molar-refractivity contribution >= 4 is 34.9 Å². The standard InChI is InChI=1S/C24H32ClN3O3S/c1-4-11-26-24(30)27(14-17(2)3)15-23(29)28-12-9-22-20(10-13-32-22)21(28)16-31-19-7-5-18(25)6-8-19/h5-8,10,13,17,21H,4,9,11-12,14-16H2,1-3H3,(H,26,30)/t21-/m1/s1. The van der Waals surface area contributed by atoms with Gasteiger partial charge in [-0.1, -0.05) is 32.4 Å². The van der Waals surface area contributed by atoms with E-state index in [0.29, 0.717) is 37.0 Å². The number of amides is 3. The van der Waals surface area contributed by atoms with Crippen molar-refractivity contribution in [3.05, 3.63) is 51.2 Å². The molecule has 1 aromatic carbocycles. The second kappa shape index (κ2) is 11.6. The first kappa shape index (κ1) is 24.4. The van der Waals surface area contributed by atoms with Crippen molar-refractivity contribution in [1.29, 1.82) is 0 Å². The van der Waals surface area contributed by atoms with Crippen molar-refractivity contribution in [1.82, 2.24) is 15.1 Å². The van der Waals surface area contributed by atoms with Gasteiger partial charge in [0, 0.05) is 29.5 Å². The van der Waals surface area contributed by atoms with Crippen LogP contribution in [0.25, 0.3) is 0 Å². The summed E-state index contributed by atoms with van der Waals surface area (Å²) < 4.78 is 6.04. The number of ether oxygens (including phenoxy) is 1. The zero-order valence-corrected chi connectivity index (χ0v) is 20.5. The molecule has 6 nitrogen and oxygen atoms in total. The molecule has 2 aromatic rings. The number of carbonyl (C=O) groups excluding carboxylic acids is 2. The Hall–Kier alpha value is -2.25. The van der Waals surface area contributed by atoms with E-state index in [2.05, 4.69) is 16.8 Å². The second-order valence-corrected chi connectivity index (χ2v) is 9.86. The molecule has 0 spiro atoms. The van der Waals surface area contributed by atoms with Gasteiger partial charge in [-0.05, 0) is 60.0 Å². The van der Waals surface area contributed by atoms with E-state index < -0.39 is 0 Å². The van der Waals surface area contributed by atoms with Crippen LogP contribution < -0.4 is 10.1 Å². The number of hydrogen-bond acceptors (Lipinski definition) is 4. The zero-order valence-electron chi connectivity index (χ0n) is 19.0. The molecule has 0 saturated carbocycles. The Kier molecular flexibility index (Phi) is 8.82. The Morgan fingerprint density at radius 1 is 1.28 bits per heavy atom. The zero-order chi connectivity index (χ0) is 23.1. The molecule has 3 amide bonds. The predicted octanol–water partition coefficient (Wildman–Crippen LogP) is 4.98. The lowest BCUT2D eigenvalue weighted by Gasteiger charge is -2.37. The van der Waals surface area contributed by atoms with Crippen LogP contribution in [-0.4, -0.2) is 54.5 Å². The molecular weight excluding hydrogens is 446 g/mol. The van der Waals surface area contributed by atoms with Crippen LogP contribution in [0.3, 0.4) is 0 Å². The number of nitrogens with one attached hydrogen (secondary N) is 1. The maximum absolute atomic E-state index is 13.4. The van der Waals surface area contributed by atoms with Gasteiger partial charge in [-0.2, -0.15) is 0 Å². The number of nitrogens with zero attached hydrogens (tertiary/aromatic N) is 2. The van der Waals surface area contributed by atoms with Gasteiger partial charge in [0.15, 0.2) is 0 Å². The summed E-state index contributed by atoms with van der Waals surface area (Å²) in [7, 11) is 0. The molecule has 0 saturated heterocycles. The SMILES string of the molecule is CCCNC(=O)N(CC(=O)N1CCc2sccc2[C@H]1COc1ccc(Cl)cc1)CC(C)C. The molecule has 2 heterocycles. The number of benzene rings is 1. The van der Waals surface area contributed by atoms with Gasteiger partial charge >= 0.3 is 6.03 Å². The third kappa shape index (κ3) is 6.39. The van der Waals surface area contributed by atoms with Crippen molar-refractivity contribution < 1.29 is 14.3 Å². The smallest absolute Gasteiger partial charge is 0.317 e. The Labute approximate surface area is 199 Å². The second-order valence-electron chi connectivity index (χ2n) is 8.42. The van der Waals surface area contributed by atoms with Gasteiger partial charge < -0.3 is 19.9 Å². The molecule has 0 unspecified atom stereocenters. The summed E-state index contributed by atoms with van der Waals surface area (Å²) >= 11 is 7.69. The molecule has 1 aliphatic rings. The normalized spacial score (nSPS) is 15.4. The molecule has 32 heavy (non-hydrogen) atoms. The fraction of sp³-hybridized carbons (Fsp3) is 0.500. The molecular formula is C24H32ClN3O3S. The Morgan fingerprint density at radius 2 is 2.03 bits per heavy atom. The molecule has 1 atom stereocenters. The molecule has 8 heteroatoms. The van der Waals surface area contributed by atoms with E-state index in [1.807, 2.05) is 37.8 Å². The summed E-state index contributed by atoms with van der Waals surface area (Å²) in [5.74, 6) is 0.924. The minimum Gasteiger partial charge on any atom is -0.491 e. The maximum atomic E-state index is 13.4. The topological polar surface area (TPSA) is 61.9 Å². The third-order valence-electron chi connectivity index (χ3n) is 5.36. The molecule has 0 fully saturated rings. The van der Waals surface area contributed by atoms with Crippen LogP contribution in [0.5, 0.6) is 5.75 Å². The van der Waals surface area contributed by atoms with Gasteiger partial charge in [0.25, 0.3) is 0 Å². The van der Waals surface area contributed by atoms with Crippen LogP contribution in [-0.2, 0) is 11.2 Å². The lowest BCUT2D eigenvalue weighted by molar-refractivity contribution is -0.135. The molecule has 0 bridgehead atoms. The van der Waals surface area contributed by atoms with E-state index in [1.165, 1.54) is 4.88 Å². The lowest BCUT2D eigenvalue weighted by Crippen LogP contribution is -2.50. The third-order valence-corrected chi connectivity index (χ3v) is 6.61. The van der Waals surface area contributed by atoms with Gasteiger partial charge in [-0.15, -0.1) is 11.3 Å². The van der Waals surface area contributed by atoms with Crippen LogP contribution in [0.2, 0.25) is 5.02 Å². The van der Waals surface area contributed by atoms with Crippen molar-refractivity contribution in [3.8, 4) is 5.75 Å². The summed E-state index contributed by atoms with van der Waals surface area (Å²) in [4.78, 5) is 30.8. The van der Waals surface area contributed by atoms with Gasteiger partial charge in [-0.3, -0.25) is 4.79 Å². The molecule has 1 aromatic heterocycles. The van der Waals surface area contributed by atoms with Crippen LogP contribution in [0.15, 0.2) is 35.7 Å². The molecule has 1 aliphatic heterocycles. The average molecular weight is 478 g/mol. The van der Waals surface area contributed by atoms with Crippen molar-refractivity contribution in [2.75, 3.05) is 32.8 Å². The highest BCUT2D eigenvalue weighted by Crippen LogP contribution is 2.34. The van der Waals surface area contributed by atoms with E-state index >= 15 is 0 Å². The van der Waals surface area contributed by atoms with Crippen molar-refractivity contribution in [3.63, 3.8) is 0 Å². The molecule has 174 valence electrons. The fourth-order valence-corrected chi connectivity index (χ4v) is 4.89. The number of carbonyl (C=O) groups is 2. The molecule has 1 N–H and O–H groups in total. The van der Waals surface area contributed by atoms with Crippen molar-refractivity contribution in [2.24, 2.45) is 5.92 Å². The highest BCUT2D eigenvalue weighted by atomic mass is 35.5. The first-order valence-corrected chi connectivity index (χ1v) is 12.4. The summed E-state index contributed by atoms with van der Waals surface area (Å²) in [6.45, 7) is 8.26. The number of rotatable bonds is 9. The van der Waals surface area contributed by atoms with Crippen LogP contribution >= 0.6 is 22.9 Å². The van der Waals surface area contributed by atoms with Gasteiger partial charge in [0.05, 0.1) is 6.04 Å². The van der Waals surface area contributed by atoms with E-state index in [1.54, 1.807) is 28.4 Å². The molecule has 3 rings (SSSR count). The number of fused-ring (bicyclic) bond motifs is 1.